The van der Waals surface area contributed by atoms with Gasteiger partial charge >= 0.3 is 0 Å². The fraction of sp³-hybridized carbons (Fsp3) is 0. The van der Waals surface area contributed by atoms with Gasteiger partial charge in [0.1, 0.15) is 5.82 Å². The summed E-state index contributed by atoms with van der Waals surface area (Å²) in [6.45, 7) is 0. The van der Waals surface area contributed by atoms with Crippen LogP contribution in [-0.2, 0) is 0 Å². The van der Waals surface area contributed by atoms with Crippen molar-refractivity contribution in [2.24, 2.45) is 0 Å². The van der Waals surface area contributed by atoms with E-state index in [0.29, 0.717) is 6.07 Å². The van der Waals surface area contributed by atoms with Crippen molar-refractivity contribution in [2.45, 2.75) is 0 Å². The van der Waals surface area contributed by atoms with Crippen molar-refractivity contribution in [3.8, 4) is 0 Å². The number of halogens is 4. The molecule has 0 atom stereocenters. The largest absolute Gasteiger partial charge is 0.319 e. The predicted octanol–water partition coefficient (Wildman–Crippen LogP) is 3.51. The monoisotopic (exact) mass is 330 g/mol. The maximum Gasteiger partial charge on any atom is 0.255 e. The number of rotatable bonds is 2. The molecule has 0 radical (unpaired) electrons. The molecular weight excluding hydrogens is 325 g/mol. The first-order chi connectivity index (χ1) is 8.97. The predicted molar refractivity (Wildman–Crippen MR) is 66.2 cm³/mol. The number of carbonyl (C=O) groups is 1. The minimum Gasteiger partial charge on any atom is -0.319 e. The van der Waals surface area contributed by atoms with Gasteiger partial charge < -0.3 is 5.32 Å². The summed E-state index contributed by atoms with van der Waals surface area (Å²) in [5.74, 6) is -3.27. The van der Waals surface area contributed by atoms with E-state index in [1.807, 2.05) is 0 Å². The van der Waals surface area contributed by atoms with Gasteiger partial charge in [-0.2, -0.15) is 4.39 Å². The lowest BCUT2D eigenvalue weighted by Crippen LogP contribution is -2.14. The number of benzene rings is 1. The second-order valence-electron chi connectivity index (χ2n) is 3.57. The molecule has 0 saturated heterocycles. The molecule has 0 saturated carbocycles. The highest BCUT2D eigenvalue weighted by molar-refractivity contribution is 9.10. The smallest absolute Gasteiger partial charge is 0.255 e. The molecule has 7 heteroatoms. The molecule has 0 spiro atoms. The Labute approximate surface area is 114 Å². The van der Waals surface area contributed by atoms with Crippen LogP contribution >= 0.6 is 15.9 Å². The standard InChI is InChI=1S/C12H6BrF3N2O/c13-8-4-7(14)5-9(15)11(8)18-12(19)6-1-2-17-10(16)3-6/h1-5H,(H,18,19). The first-order valence-corrected chi connectivity index (χ1v) is 5.84. The fourth-order valence-corrected chi connectivity index (χ4v) is 1.90. The highest BCUT2D eigenvalue weighted by Crippen LogP contribution is 2.27. The Morgan fingerprint density at radius 1 is 1.21 bits per heavy atom. The van der Waals surface area contributed by atoms with Crippen LogP contribution in [0.1, 0.15) is 10.4 Å². The van der Waals surface area contributed by atoms with Crippen molar-refractivity contribution in [1.82, 2.24) is 4.98 Å². The Kier molecular flexibility index (Phi) is 3.84. The van der Waals surface area contributed by atoms with Crippen LogP contribution in [0.4, 0.5) is 18.9 Å². The molecule has 0 bridgehead atoms. The molecule has 19 heavy (non-hydrogen) atoms. The van der Waals surface area contributed by atoms with E-state index in [1.165, 1.54) is 6.07 Å². The number of hydrogen-bond acceptors (Lipinski definition) is 2. The molecular formula is C12H6BrF3N2O. The SMILES string of the molecule is O=C(Nc1c(F)cc(F)cc1Br)c1ccnc(F)c1. The van der Waals surface area contributed by atoms with Gasteiger partial charge in [-0.1, -0.05) is 0 Å². The zero-order valence-corrected chi connectivity index (χ0v) is 10.8. The minimum absolute atomic E-state index is 0.0249. The van der Waals surface area contributed by atoms with Crippen molar-refractivity contribution >= 4 is 27.5 Å². The summed E-state index contributed by atoms with van der Waals surface area (Å²) in [6.07, 6.45) is 1.11. The molecule has 0 unspecified atom stereocenters. The second kappa shape index (κ2) is 5.40. The van der Waals surface area contributed by atoms with Crippen molar-refractivity contribution in [3.63, 3.8) is 0 Å². The molecule has 1 aromatic heterocycles. The summed E-state index contributed by atoms with van der Waals surface area (Å²) in [5.41, 5.74) is -0.244. The average Bonchev–Trinajstić information content (AvgIpc) is 2.33. The summed E-state index contributed by atoms with van der Waals surface area (Å²) >= 11 is 2.93. The Bertz CT molecular complexity index is 626. The normalized spacial score (nSPS) is 10.3. The van der Waals surface area contributed by atoms with Gasteiger partial charge in [-0.05, 0) is 28.1 Å². The summed E-state index contributed by atoms with van der Waals surface area (Å²) in [7, 11) is 0. The molecule has 1 N–H and O–H groups in total. The number of carbonyl (C=O) groups excluding carboxylic acids is 1. The second-order valence-corrected chi connectivity index (χ2v) is 4.42. The zero-order chi connectivity index (χ0) is 14.0. The van der Waals surface area contributed by atoms with E-state index in [4.69, 9.17) is 0 Å². The van der Waals surface area contributed by atoms with Crippen LogP contribution in [0.2, 0.25) is 0 Å². The maximum atomic E-state index is 13.5. The van der Waals surface area contributed by atoms with Crippen molar-refractivity contribution in [3.05, 3.63) is 58.1 Å². The molecule has 0 aliphatic carbocycles. The van der Waals surface area contributed by atoms with E-state index in [-0.39, 0.29) is 15.7 Å². The zero-order valence-electron chi connectivity index (χ0n) is 9.25. The van der Waals surface area contributed by atoms with Gasteiger partial charge in [0.2, 0.25) is 5.95 Å². The lowest BCUT2D eigenvalue weighted by atomic mass is 10.2. The molecule has 98 valence electrons. The highest BCUT2D eigenvalue weighted by atomic mass is 79.9. The number of pyridine rings is 1. The number of amides is 1. The third kappa shape index (κ3) is 3.11. The van der Waals surface area contributed by atoms with Crippen molar-refractivity contribution in [2.75, 3.05) is 5.32 Å². The third-order valence-corrected chi connectivity index (χ3v) is 2.86. The number of anilines is 1. The number of nitrogens with one attached hydrogen (secondary N) is 1. The number of hydrogen-bond donors (Lipinski definition) is 1. The summed E-state index contributed by atoms with van der Waals surface area (Å²) in [6, 6.07) is 3.82. The van der Waals surface area contributed by atoms with Crippen LogP contribution in [-0.4, -0.2) is 10.9 Å². The van der Waals surface area contributed by atoms with Crippen LogP contribution in [0.15, 0.2) is 34.9 Å². The molecule has 3 nitrogen and oxygen atoms in total. The molecule has 0 aliphatic heterocycles. The minimum atomic E-state index is -0.935. The van der Waals surface area contributed by atoms with Gasteiger partial charge in [-0.15, -0.1) is 0 Å². The first kappa shape index (κ1) is 13.5. The van der Waals surface area contributed by atoms with Crippen LogP contribution in [0.3, 0.4) is 0 Å². The van der Waals surface area contributed by atoms with Crippen molar-refractivity contribution < 1.29 is 18.0 Å². The lowest BCUT2D eigenvalue weighted by molar-refractivity contribution is 0.102. The highest BCUT2D eigenvalue weighted by Gasteiger charge is 2.14. The molecule has 2 rings (SSSR count). The Morgan fingerprint density at radius 3 is 2.58 bits per heavy atom. The van der Waals surface area contributed by atoms with Crippen LogP contribution in [0, 0.1) is 17.6 Å². The van der Waals surface area contributed by atoms with Gasteiger partial charge in [0.15, 0.2) is 5.82 Å². The van der Waals surface area contributed by atoms with E-state index in [0.717, 1.165) is 18.3 Å². The van der Waals surface area contributed by atoms with Gasteiger partial charge in [-0.25, -0.2) is 13.8 Å². The molecule has 1 heterocycles. The third-order valence-electron chi connectivity index (χ3n) is 2.23. The van der Waals surface area contributed by atoms with Crippen LogP contribution in [0.5, 0.6) is 0 Å². The van der Waals surface area contributed by atoms with E-state index in [9.17, 15) is 18.0 Å². The topological polar surface area (TPSA) is 42.0 Å². The lowest BCUT2D eigenvalue weighted by Gasteiger charge is -2.08. The van der Waals surface area contributed by atoms with E-state index in [2.05, 4.69) is 26.2 Å². The van der Waals surface area contributed by atoms with Gasteiger partial charge in [-0.3, -0.25) is 4.79 Å². The molecule has 0 fully saturated rings. The van der Waals surface area contributed by atoms with E-state index in [1.54, 1.807) is 0 Å². The van der Waals surface area contributed by atoms with E-state index >= 15 is 0 Å². The molecule has 1 aromatic carbocycles. The first-order valence-electron chi connectivity index (χ1n) is 5.05. The summed E-state index contributed by atoms with van der Waals surface area (Å²) in [5, 5.41) is 2.23. The quantitative estimate of drug-likeness (QED) is 0.856. The summed E-state index contributed by atoms with van der Waals surface area (Å²) < 4.78 is 39.3. The van der Waals surface area contributed by atoms with Crippen LogP contribution < -0.4 is 5.32 Å². The Balaban J connectivity index is 2.29. The van der Waals surface area contributed by atoms with Crippen LogP contribution in [0.25, 0.3) is 0 Å². The van der Waals surface area contributed by atoms with Gasteiger partial charge in [0.05, 0.1) is 5.69 Å². The average molecular weight is 331 g/mol. The summed E-state index contributed by atoms with van der Waals surface area (Å²) in [4.78, 5) is 15.1. The Hall–Kier alpha value is -1.89. The Morgan fingerprint density at radius 2 is 1.95 bits per heavy atom. The number of aromatic nitrogens is 1. The number of nitrogens with zero attached hydrogens (tertiary/aromatic N) is 1. The fourth-order valence-electron chi connectivity index (χ4n) is 1.39. The molecule has 0 aliphatic rings. The van der Waals surface area contributed by atoms with Crippen molar-refractivity contribution in [1.29, 1.82) is 0 Å². The molecule has 1 amide bonds. The maximum absolute atomic E-state index is 13.5. The van der Waals surface area contributed by atoms with Gasteiger partial charge in [0, 0.05) is 28.4 Å². The molecule has 2 aromatic rings. The van der Waals surface area contributed by atoms with E-state index < -0.39 is 23.5 Å². The van der Waals surface area contributed by atoms with Gasteiger partial charge in [0.25, 0.3) is 5.91 Å².